The lowest BCUT2D eigenvalue weighted by Crippen LogP contribution is -2.22. The molecular weight excluding hydrogens is 480 g/mol. The van der Waals surface area contributed by atoms with Gasteiger partial charge in [0.25, 0.3) is 0 Å². The van der Waals surface area contributed by atoms with Crippen LogP contribution in [0, 0.1) is 41.8 Å². The zero-order chi connectivity index (χ0) is 25.5. The summed E-state index contributed by atoms with van der Waals surface area (Å²) in [4.78, 5) is 0. The molecule has 9 heteroatoms. The van der Waals surface area contributed by atoms with Crippen molar-refractivity contribution >= 4 is 10.8 Å². The SMILES string of the molecule is Cc1cc2ccc(CCc3ccc(C(F)(F)Oc4cc(F)c(F)c(F)c4)cc3)c(F)c2c(F)c1F. The van der Waals surface area contributed by atoms with Gasteiger partial charge in [-0.3, -0.25) is 0 Å². The lowest BCUT2D eigenvalue weighted by molar-refractivity contribution is -0.185. The Morgan fingerprint density at radius 3 is 1.94 bits per heavy atom. The minimum atomic E-state index is -3.99. The second-order valence-electron chi connectivity index (χ2n) is 7.97. The minimum absolute atomic E-state index is 0.0534. The Morgan fingerprint density at radius 1 is 0.686 bits per heavy atom. The molecule has 0 heterocycles. The zero-order valence-electron chi connectivity index (χ0n) is 18.0. The fraction of sp³-hybridized carbons (Fsp3) is 0.154. The molecular formula is C26H16F8O. The highest BCUT2D eigenvalue weighted by atomic mass is 19.3. The summed E-state index contributed by atoms with van der Waals surface area (Å²) in [5, 5.41) is -0.235. The number of fused-ring (bicyclic) bond motifs is 1. The smallest absolute Gasteiger partial charge is 0.426 e. The molecule has 0 amide bonds. The van der Waals surface area contributed by atoms with Crippen LogP contribution < -0.4 is 4.74 Å². The third-order valence-electron chi connectivity index (χ3n) is 5.56. The molecule has 0 aliphatic heterocycles. The van der Waals surface area contributed by atoms with Crippen molar-refractivity contribution in [1.29, 1.82) is 0 Å². The van der Waals surface area contributed by atoms with Gasteiger partial charge >= 0.3 is 6.11 Å². The first-order valence-electron chi connectivity index (χ1n) is 10.3. The first kappa shape index (κ1) is 24.5. The Balaban J connectivity index is 1.50. The third-order valence-corrected chi connectivity index (χ3v) is 5.56. The maximum absolute atomic E-state index is 14.9. The van der Waals surface area contributed by atoms with Gasteiger partial charge in [-0.25, -0.2) is 26.3 Å². The highest BCUT2D eigenvalue weighted by Gasteiger charge is 2.35. The van der Waals surface area contributed by atoms with Crippen molar-refractivity contribution in [1.82, 2.24) is 0 Å². The van der Waals surface area contributed by atoms with Crippen LogP contribution in [0.5, 0.6) is 5.75 Å². The maximum Gasteiger partial charge on any atom is 0.426 e. The number of ether oxygens (including phenoxy) is 1. The van der Waals surface area contributed by atoms with E-state index in [9.17, 15) is 35.1 Å². The molecule has 4 rings (SSSR count). The lowest BCUT2D eigenvalue weighted by Gasteiger charge is -2.19. The standard InChI is InChI=1S/C26H16F8O/c1-13-10-16-7-6-15(23(30)21(16)25(32)22(13)29)5-2-14-3-8-17(9-4-14)26(33,34)35-18-11-19(27)24(31)20(28)12-18/h3-4,6-12H,2,5H2,1H3. The van der Waals surface area contributed by atoms with Crippen molar-refractivity contribution in [3.05, 3.63) is 112 Å². The minimum Gasteiger partial charge on any atom is -0.429 e. The summed E-state index contributed by atoms with van der Waals surface area (Å²) < 4.78 is 116. The number of hydrogen-bond donors (Lipinski definition) is 0. The summed E-state index contributed by atoms with van der Waals surface area (Å²) in [6.07, 6.45) is -3.71. The molecule has 0 aliphatic carbocycles. The first-order valence-corrected chi connectivity index (χ1v) is 10.3. The van der Waals surface area contributed by atoms with Crippen LogP contribution in [0.2, 0.25) is 0 Å². The second kappa shape index (κ2) is 9.20. The molecule has 35 heavy (non-hydrogen) atoms. The Hall–Kier alpha value is -3.62. The van der Waals surface area contributed by atoms with Crippen LogP contribution in [0.15, 0.2) is 54.6 Å². The van der Waals surface area contributed by atoms with E-state index in [1.54, 1.807) is 0 Å². The number of rotatable bonds is 6. The van der Waals surface area contributed by atoms with E-state index in [0.717, 1.165) is 12.1 Å². The predicted octanol–water partition coefficient (Wildman–Crippen LogP) is 7.90. The lowest BCUT2D eigenvalue weighted by atomic mass is 9.98. The summed E-state index contributed by atoms with van der Waals surface area (Å²) >= 11 is 0. The van der Waals surface area contributed by atoms with E-state index >= 15 is 0 Å². The monoisotopic (exact) mass is 496 g/mol. The van der Waals surface area contributed by atoms with Gasteiger partial charge in [0.2, 0.25) is 0 Å². The molecule has 0 fully saturated rings. The van der Waals surface area contributed by atoms with Gasteiger partial charge in [0.1, 0.15) is 11.6 Å². The van der Waals surface area contributed by atoms with E-state index in [1.165, 1.54) is 37.3 Å². The number of hydrogen-bond acceptors (Lipinski definition) is 1. The highest BCUT2D eigenvalue weighted by Crippen LogP contribution is 2.33. The Kier molecular flexibility index (Phi) is 6.44. The van der Waals surface area contributed by atoms with Crippen LogP contribution in [-0.2, 0) is 19.0 Å². The van der Waals surface area contributed by atoms with Crippen molar-refractivity contribution in [2.45, 2.75) is 25.9 Å². The van der Waals surface area contributed by atoms with Gasteiger partial charge in [0.15, 0.2) is 29.1 Å². The van der Waals surface area contributed by atoms with Gasteiger partial charge in [0.05, 0.1) is 10.9 Å². The Bertz CT molecular complexity index is 1390. The van der Waals surface area contributed by atoms with Crippen LogP contribution >= 0.6 is 0 Å². The van der Waals surface area contributed by atoms with Crippen LogP contribution in [0.3, 0.4) is 0 Å². The topological polar surface area (TPSA) is 9.23 Å². The molecule has 1 nitrogen and oxygen atoms in total. The van der Waals surface area contributed by atoms with E-state index in [4.69, 9.17) is 0 Å². The van der Waals surface area contributed by atoms with E-state index in [0.29, 0.717) is 17.7 Å². The van der Waals surface area contributed by atoms with Gasteiger partial charge in [-0.15, -0.1) is 0 Å². The van der Waals surface area contributed by atoms with Crippen LogP contribution in [-0.4, -0.2) is 0 Å². The van der Waals surface area contributed by atoms with Gasteiger partial charge in [0, 0.05) is 12.1 Å². The van der Waals surface area contributed by atoms with Crippen LogP contribution in [0.25, 0.3) is 10.8 Å². The number of benzene rings is 4. The van der Waals surface area contributed by atoms with Crippen LogP contribution in [0.4, 0.5) is 35.1 Å². The maximum atomic E-state index is 14.9. The van der Waals surface area contributed by atoms with Gasteiger partial charge in [-0.2, -0.15) is 8.78 Å². The fourth-order valence-electron chi connectivity index (χ4n) is 3.69. The fourth-order valence-corrected chi connectivity index (χ4v) is 3.69. The molecule has 4 aromatic carbocycles. The molecule has 0 N–H and O–H groups in total. The largest absolute Gasteiger partial charge is 0.429 e. The Labute approximate surface area is 194 Å². The molecule has 182 valence electrons. The summed E-state index contributed by atoms with van der Waals surface area (Å²) in [6, 6.07) is 9.54. The van der Waals surface area contributed by atoms with E-state index in [2.05, 4.69) is 4.74 Å². The van der Waals surface area contributed by atoms with E-state index < -0.39 is 57.7 Å². The highest BCUT2D eigenvalue weighted by molar-refractivity contribution is 5.85. The molecule has 4 aromatic rings. The summed E-state index contributed by atoms with van der Waals surface area (Å²) in [5.74, 6) is -9.36. The normalized spacial score (nSPS) is 11.8. The molecule has 0 radical (unpaired) electrons. The molecule has 0 spiro atoms. The quantitative estimate of drug-likeness (QED) is 0.195. The predicted molar refractivity (Wildman–Crippen MR) is 113 cm³/mol. The van der Waals surface area contributed by atoms with Crippen molar-refractivity contribution in [2.75, 3.05) is 0 Å². The molecule has 0 aromatic heterocycles. The van der Waals surface area contributed by atoms with Gasteiger partial charge in [-0.05, 0) is 60.0 Å². The average molecular weight is 496 g/mol. The zero-order valence-corrected chi connectivity index (χ0v) is 18.0. The summed E-state index contributed by atoms with van der Waals surface area (Å²) in [7, 11) is 0. The number of halogens is 8. The molecule has 0 aliphatic rings. The van der Waals surface area contributed by atoms with Crippen LogP contribution in [0.1, 0.15) is 22.3 Å². The number of aryl methyl sites for hydroxylation is 3. The average Bonchev–Trinajstić information content (AvgIpc) is 2.80. The molecule has 0 saturated carbocycles. The van der Waals surface area contributed by atoms with Gasteiger partial charge in [-0.1, -0.05) is 24.3 Å². The van der Waals surface area contributed by atoms with Crippen molar-refractivity contribution in [3.8, 4) is 5.75 Å². The third kappa shape index (κ3) is 4.80. The van der Waals surface area contributed by atoms with Crippen molar-refractivity contribution < 1.29 is 39.9 Å². The molecule has 0 unspecified atom stereocenters. The van der Waals surface area contributed by atoms with E-state index in [-0.39, 0.29) is 29.4 Å². The second-order valence-corrected chi connectivity index (χ2v) is 7.97. The van der Waals surface area contributed by atoms with Crippen molar-refractivity contribution in [3.63, 3.8) is 0 Å². The van der Waals surface area contributed by atoms with Crippen molar-refractivity contribution in [2.24, 2.45) is 0 Å². The summed E-state index contributed by atoms with van der Waals surface area (Å²) in [5.41, 5.74) is 0.0603. The summed E-state index contributed by atoms with van der Waals surface area (Å²) in [6.45, 7) is 1.37. The Morgan fingerprint density at radius 2 is 1.31 bits per heavy atom. The molecule has 0 saturated heterocycles. The first-order chi connectivity index (χ1) is 16.5. The van der Waals surface area contributed by atoms with Gasteiger partial charge < -0.3 is 4.74 Å². The molecule has 0 atom stereocenters. The van der Waals surface area contributed by atoms with E-state index in [1.807, 2.05) is 0 Å². The molecule has 0 bridgehead atoms. The number of alkyl halides is 2.